The smallest absolute Gasteiger partial charge is 0.496 e. The van der Waals surface area contributed by atoms with Crippen LogP contribution in [0.1, 0.15) is 45.9 Å². The van der Waals surface area contributed by atoms with E-state index in [4.69, 9.17) is 4.74 Å². The van der Waals surface area contributed by atoms with E-state index in [2.05, 4.69) is 19.5 Å². The second-order valence-corrected chi connectivity index (χ2v) is 9.87. The number of rotatable bonds is 7. The van der Waals surface area contributed by atoms with E-state index in [-0.39, 0.29) is 30.7 Å². The van der Waals surface area contributed by atoms with E-state index in [9.17, 15) is 23.1 Å². The first-order valence-electron chi connectivity index (χ1n) is 12.3. The van der Waals surface area contributed by atoms with Gasteiger partial charge in [-0.05, 0) is 55.2 Å². The van der Waals surface area contributed by atoms with Gasteiger partial charge in [0.2, 0.25) is 0 Å². The van der Waals surface area contributed by atoms with Crippen molar-refractivity contribution in [3.63, 3.8) is 0 Å². The predicted octanol–water partition coefficient (Wildman–Crippen LogP) is 5.11. The Kier molecular flexibility index (Phi) is 6.91. The molecule has 0 unspecified atom stereocenters. The van der Waals surface area contributed by atoms with Crippen LogP contribution in [-0.4, -0.2) is 71.1 Å². The number of hydrogen-bond acceptors (Lipinski definition) is 5. The predicted molar refractivity (Wildman–Crippen MR) is 132 cm³/mol. The number of H-pyrrole nitrogens is 1. The number of halogens is 3. The fourth-order valence-electron chi connectivity index (χ4n) is 5.73. The number of benzene rings is 2. The first kappa shape index (κ1) is 25.6. The first-order chi connectivity index (χ1) is 17.6. The average Bonchev–Trinajstić information content (AvgIpc) is 3.33. The molecule has 2 atom stereocenters. The van der Waals surface area contributed by atoms with Crippen LogP contribution in [0, 0.1) is 6.92 Å². The van der Waals surface area contributed by atoms with Gasteiger partial charge in [-0.3, -0.25) is 14.5 Å². The maximum Gasteiger partial charge on any atom is 0.522 e. The Balaban J connectivity index is 1.40. The van der Waals surface area contributed by atoms with E-state index >= 15 is 0 Å². The van der Waals surface area contributed by atoms with Crippen LogP contribution >= 0.6 is 0 Å². The largest absolute Gasteiger partial charge is 0.522 e. The fraction of sp³-hybridized carbons (Fsp3) is 0.444. The van der Waals surface area contributed by atoms with Crippen LogP contribution in [-0.2, 0) is 11.3 Å². The van der Waals surface area contributed by atoms with Crippen LogP contribution in [0.15, 0.2) is 42.6 Å². The number of piperidine rings is 1. The summed E-state index contributed by atoms with van der Waals surface area (Å²) < 4.78 is 47.7. The minimum absolute atomic E-state index is 0.0378. The number of ether oxygens (including phenoxy) is 2. The van der Waals surface area contributed by atoms with Crippen molar-refractivity contribution in [3.8, 4) is 5.75 Å². The number of methoxy groups -OCH3 is 1. The van der Waals surface area contributed by atoms with Crippen molar-refractivity contribution >= 4 is 16.9 Å². The molecule has 0 amide bonds. The maximum absolute atomic E-state index is 12.6. The third-order valence-electron chi connectivity index (χ3n) is 7.61. The monoisotopic (exact) mass is 517 g/mol. The highest BCUT2D eigenvalue weighted by Gasteiger charge is 2.43. The molecule has 7 nitrogen and oxygen atoms in total. The molecule has 2 aliphatic heterocycles. The van der Waals surface area contributed by atoms with E-state index in [1.165, 1.54) is 0 Å². The van der Waals surface area contributed by atoms with Gasteiger partial charge in [-0.2, -0.15) is 0 Å². The second kappa shape index (κ2) is 10.00. The van der Waals surface area contributed by atoms with Crippen LogP contribution < -0.4 is 4.74 Å². The van der Waals surface area contributed by atoms with E-state index < -0.39 is 18.4 Å². The van der Waals surface area contributed by atoms with Crippen molar-refractivity contribution in [1.82, 2.24) is 14.8 Å². The zero-order chi connectivity index (χ0) is 26.3. The fourth-order valence-corrected chi connectivity index (χ4v) is 5.73. The lowest BCUT2D eigenvalue weighted by Gasteiger charge is -2.49. The van der Waals surface area contributed by atoms with Gasteiger partial charge in [0, 0.05) is 60.9 Å². The molecular weight excluding hydrogens is 487 g/mol. The summed E-state index contributed by atoms with van der Waals surface area (Å²) in [6.45, 7) is 3.90. The van der Waals surface area contributed by atoms with Crippen LogP contribution in [0.4, 0.5) is 13.2 Å². The lowest BCUT2D eigenvalue weighted by Crippen LogP contribution is -2.59. The summed E-state index contributed by atoms with van der Waals surface area (Å²) in [4.78, 5) is 19.1. The average molecular weight is 518 g/mol. The van der Waals surface area contributed by atoms with Crippen molar-refractivity contribution in [2.75, 3.05) is 26.7 Å². The standard InChI is InChI=1S/C27H30F3N3O4/c1-16-11-24(36-2)22(21-7-9-31-25(16)21)15-32-10-8-19(33-13-20(14-33)37-27(28,29)30)12-23(32)17-3-5-18(6-4-17)26(34)35/h3-7,9,11,19-20,23,31H,8,10,12-15H2,1-2H3,(H,34,35)/t19-,23-/m1/s1. The Morgan fingerprint density at radius 1 is 1.19 bits per heavy atom. The number of nitrogens with one attached hydrogen (secondary N) is 1. The van der Waals surface area contributed by atoms with Gasteiger partial charge in [0.15, 0.2) is 0 Å². The Bertz CT molecular complexity index is 1270. The maximum atomic E-state index is 12.6. The minimum atomic E-state index is -4.62. The molecule has 1 aromatic heterocycles. The molecule has 2 aliphatic rings. The molecule has 0 radical (unpaired) electrons. The van der Waals surface area contributed by atoms with Gasteiger partial charge in [0.25, 0.3) is 0 Å². The Morgan fingerprint density at radius 2 is 1.92 bits per heavy atom. The van der Waals surface area contributed by atoms with Gasteiger partial charge in [-0.1, -0.05) is 12.1 Å². The van der Waals surface area contributed by atoms with Crippen molar-refractivity contribution in [2.24, 2.45) is 0 Å². The van der Waals surface area contributed by atoms with Crippen LogP contribution in [0.3, 0.4) is 0 Å². The number of alkyl halides is 3. The number of aryl methyl sites for hydroxylation is 1. The first-order valence-corrected chi connectivity index (χ1v) is 12.3. The van der Waals surface area contributed by atoms with E-state index in [0.717, 1.165) is 52.7 Å². The lowest BCUT2D eigenvalue weighted by molar-refractivity contribution is -0.356. The molecule has 0 aliphatic carbocycles. The van der Waals surface area contributed by atoms with Crippen molar-refractivity contribution in [2.45, 2.75) is 50.9 Å². The SMILES string of the molecule is COc1cc(C)c2[nH]ccc2c1CN1CC[C@@H](N2CC(OC(F)(F)F)C2)C[C@@H]1c1ccc(C(=O)O)cc1. The highest BCUT2D eigenvalue weighted by molar-refractivity contribution is 5.88. The molecule has 37 heavy (non-hydrogen) atoms. The number of nitrogens with zero attached hydrogens (tertiary/aromatic N) is 2. The third-order valence-corrected chi connectivity index (χ3v) is 7.61. The minimum Gasteiger partial charge on any atom is -0.496 e. The molecule has 2 saturated heterocycles. The molecule has 0 bridgehead atoms. The highest BCUT2D eigenvalue weighted by atomic mass is 19.4. The van der Waals surface area contributed by atoms with Gasteiger partial charge in [0.05, 0.1) is 18.8 Å². The quantitative estimate of drug-likeness (QED) is 0.454. The lowest BCUT2D eigenvalue weighted by atomic mass is 9.88. The zero-order valence-corrected chi connectivity index (χ0v) is 20.7. The number of carbonyl (C=O) groups is 1. The highest BCUT2D eigenvalue weighted by Crippen LogP contribution is 2.39. The molecule has 3 heterocycles. The number of aromatic amines is 1. The number of carboxylic acids is 1. The van der Waals surface area contributed by atoms with Crippen molar-refractivity contribution in [3.05, 3.63) is 64.8 Å². The number of fused-ring (bicyclic) bond motifs is 1. The number of likely N-dealkylation sites (tertiary alicyclic amines) is 2. The Hall–Kier alpha value is -3.08. The molecule has 10 heteroatoms. The Labute approximate surface area is 212 Å². The van der Waals surface area contributed by atoms with Crippen molar-refractivity contribution in [1.29, 1.82) is 0 Å². The van der Waals surface area contributed by atoms with E-state index in [0.29, 0.717) is 6.54 Å². The van der Waals surface area contributed by atoms with Crippen molar-refractivity contribution < 1.29 is 32.5 Å². The normalized spacial score (nSPS) is 21.8. The third kappa shape index (κ3) is 5.32. The molecule has 2 fully saturated rings. The van der Waals surface area contributed by atoms with Gasteiger partial charge in [0.1, 0.15) is 5.75 Å². The Morgan fingerprint density at radius 3 is 2.57 bits per heavy atom. The second-order valence-electron chi connectivity index (χ2n) is 9.87. The topological polar surface area (TPSA) is 78.0 Å². The van der Waals surface area contributed by atoms with Gasteiger partial charge < -0.3 is 14.8 Å². The molecule has 2 N–H and O–H groups in total. The number of hydrogen-bond donors (Lipinski definition) is 2. The number of carboxylic acid groups (broad SMARTS) is 1. The number of aromatic carboxylic acids is 1. The summed E-state index contributed by atoms with van der Waals surface area (Å²) in [5.74, 6) is -0.179. The molecule has 0 saturated carbocycles. The summed E-state index contributed by atoms with van der Waals surface area (Å²) in [7, 11) is 1.66. The summed E-state index contributed by atoms with van der Waals surface area (Å²) in [6.07, 6.45) is -2.00. The molecule has 3 aromatic rings. The summed E-state index contributed by atoms with van der Waals surface area (Å²) in [6, 6.07) is 11.0. The molecule has 2 aromatic carbocycles. The zero-order valence-electron chi connectivity index (χ0n) is 20.7. The molecule has 0 spiro atoms. The van der Waals surface area contributed by atoms with Crippen LogP contribution in [0.25, 0.3) is 10.9 Å². The summed E-state index contributed by atoms with van der Waals surface area (Å²) >= 11 is 0. The van der Waals surface area contributed by atoms with E-state index in [1.54, 1.807) is 19.2 Å². The van der Waals surface area contributed by atoms with Crippen LogP contribution in [0.2, 0.25) is 0 Å². The summed E-state index contributed by atoms with van der Waals surface area (Å²) in [5, 5.41) is 10.4. The number of aromatic nitrogens is 1. The van der Waals surface area contributed by atoms with Gasteiger partial charge >= 0.3 is 12.3 Å². The molecule has 5 rings (SSSR count). The molecular formula is C27H30F3N3O4. The van der Waals surface area contributed by atoms with Gasteiger partial charge in [-0.15, -0.1) is 13.2 Å². The summed E-state index contributed by atoms with van der Waals surface area (Å²) in [5.41, 5.74) is 4.41. The van der Waals surface area contributed by atoms with E-state index in [1.807, 2.05) is 37.4 Å². The van der Waals surface area contributed by atoms with Gasteiger partial charge in [-0.25, -0.2) is 4.79 Å². The molecule has 198 valence electrons. The van der Waals surface area contributed by atoms with Crippen LogP contribution in [0.5, 0.6) is 5.75 Å².